The first-order chi connectivity index (χ1) is 9.39. The van der Waals surface area contributed by atoms with Crippen LogP contribution < -0.4 is 4.72 Å². The van der Waals surface area contributed by atoms with Gasteiger partial charge in [0.05, 0.1) is 23.7 Å². The smallest absolute Gasteiger partial charge is 0.265 e. The number of aliphatic hydroxyl groups is 1. The van der Waals surface area contributed by atoms with Crippen molar-refractivity contribution in [1.82, 2.24) is 20.0 Å². The summed E-state index contributed by atoms with van der Waals surface area (Å²) in [6, 6.07) is 0. The summed E-state index contributed by atoms with van der Waals surface area (Å²) in [5, 5.41) is 19.7. The maximum atomic E-state index is 12.4. The highest BCUT2D eigenvalue weighted by Gasteiger charge is 2.25. The second-order valence-electron chi connectivity index (χ2n) is 4.40. The number of hydrogen-bond donors (Lipinski definition) is 3. The van der Waals surface area contributed by atoms with E-state index in [1.165, 1.54) is 0 Å². The fourth-order valence-electron chi connectivity index (χ4n) is 2.01. The first-order valence-electron chi connectivity index (χ1n) is 6.09. The van der Waals surface area contributed by atoms with Gasteiger partial charge in [-0.2, -0.15) is 10.2 Å². The topological polar surface area (TPSA) is 113 Å². The Kier molecular flexibility index (Phi) is 3.82. The Morgan fingerprint density at radius 3 is 2.75 bits per heavy atom. The quantitative estimate of drug-likeness (QED) is 0.735. The van der Waals surface area contributed by atoms with Gasteiger partial charge in [-0.1, -0.05) is 6.92 Å². The van der Waals surface area contributed by atoms with Gasteiger partial charge in [0.1, 0.15) is 10.6 Å². The van der Waals surface area contributed by atoms with Crippen LogP contribution in [0.2, 0.25) is 0 Å². The van der Waals surface area contributed by atoms with Gasteiger partial charge in [0.25, 0.3) is 10.0 Å². The van der Waals surface area contributed by atoms with E-state index in [1.54, 1.807) is 24.9 Å². The first kappa shape index (κ1) is 14.5. The van der Waals surface area contributed by atoms with Crippen molar-refractivity contribution in [3.8, 4) is 0 Å². The highest BCUT2D eigenvalue weighted by Crippen LogP contribution is 2.23. The zero-order valence-corrected chi connectivity index (χ0v) is 12.3. The summed E-state index contributed by atoms with van der Waals surface area (Å²) < 4.78 is 28.9. The predicted octanol–water partition coefficient (Wildman–Crippen LogP) is 0.307. The van der Waals surface area contributed by atoms with Crippen LogP contribution in [0.5, 0.6) is 0 Å². The van der Waals surface area contributed by atoms with Gasteiger partial charge in [-0.3, -0.25) is 14.5 Å². The fraction of sp³-hybridized carbons (Fsp3) is 0.455. The van der Waals surface area contributed by atoms with Gasteiger partial charge in [-0.05, 0) is 13.3 Å². The van der Waals surface area contributed by atoms with Gasteiger partial charge in [0.2, 0.25) is 0 Å². The van der Waals surface area contributed by atoms with Gasteiger partial charge in [0.15, 0.2) is 0 Å². The first-order valence-corrected chi connectivity index (χ1v) is 7.57. The Labute approximate surface area is 116 Å². The Morgan fingerprint density at radius 2 is 2.15 bits per heavy atom. The molecule has 0 aliphatic carbocycles. The lowest BCUT2D eigenvalue weighted by molar-refractivity contribution is 0.273. The molecule has 20 heavy (non-hydrogen) atoms. The summed E-state index contributed by atoms with van der Waals surface area (Å²) >= 11 is 0. The molecule has 0 saturated carbocycles. The van der Waals surface area contributed by atoms with Crippen molar-refractivity contribution in [2.45, 2.75) is 31.8 Å². The van der Waals surface area contributed by atoms with E-state index in [4.69, 9.17) is 0 Å². The van der Waals surface area contributed by atoms with Crippen molar-refractivity contribution in [2.24, 2.45) is 7.05 Å². The summed E-state index contributed by atoms with van der Waals surface area (Å²) in [6.45, 7) is 3.03. The third-order valence-electron chi connectivity index (χ3n) is 2.86. The Morgan fingerprint density at radius 1 is 1.45 bits per heavy atom. The summed E-state index contributed by atoms with van der Waals surface area (Å²) in [7, 11) is -2.10. The molecule has 2 aromatic heterocycles. The van der Waals surface area contributed by atoms with Crippen LogP contribution in [0.1, 0.15) is 24.0 Å². The summed E-state index contributed by atoms with van der Waals surface area (Å²) in [4.78, 5) is -0.0223. The molecule has 0 saturated heterocycles. The van der Waals surface area contributed by atoms with Crippen LogP contribution in [0.15, 0.2) is 11.1 Å². The van der Waals surface area contributed by atoms with Crippen molar-refractivity contribution in [2.75, 3.05) is 4.72 Å². The zero-order chi connectivity index (χ0) is 14.9. The molecule has 2 rings (SSSR count). The maximum absolute atomic E-state index is 12.4. The molecule has 0 atom stereocenters. The monoisotopic (exact) mass is 299 g/mol. The molecule has 3 N–H and O–H groups in total. The van der Waals surface area contributed by atoms with Crippen LogP contribution in [-0.4, -0.2) is 33.5 Å². The Balaban J connectivity index is 2.43. The van der Waals surface area contributed by atoms with E-state index < -0.39 is 16.6 Å². The van der Waals surface area contributed by atoms with Crippen molar-refractivity contribution >= 4 is 15.7 Å². The normalized spacial score (nSPS) is 11.8. The van der Waals surface area contributed by atoms with Crippen LogP contribution in [0, 0.1) is 6.92 Å². The third-order valence-corrected chi connectivity index (χ3v) is 4.43. The van der Waals surface area contributed by atoms with Crippen molar-refractivity contribution in [3.63, 3.8) is 0 Å². The number of H-pyrrole nitrogens is 1. The average molecular weight is 299 g/mol. The molecule has 2 aromatic rings. The van der Waals surface area contributed by atoms with Crippen molar-refractivity contribution < 1.29 is 13.5 Å². The number of sulfonamides is 1. The van der Waals surface area contributed by atoms with Crippen molar-refractivity contribution in [3.05, 3.63) is 23.3 Å². The van der Waals surface area contributed by atoms with Gasteiger partial charge in [-0.25, -0.2) is 8.42 Å². The number of hydrogen-bond acceptors (Lipinski definition) is 5. The van der Waals surface area contributed by atoms with Gasteiger partial charge in [-0.15, -0.1) is 0 Å². The Bertz CT molecular complexity index is 716. The highest BCUT2D eigenvalue weighted by molar-refractivity contribution is 7.92. The predicted molar refractivity (Wildman–Crippen MR) is 72.6 cm³/mol. The molecule has 2 heterocycles. The second kappa shape index (κ2) is 5.25. The summed E-state index contributed by atoms with van der Waals surface area (Å²) in [5.41, 5.74) is 1.56. The number of nitrogens with zero attached hydrogens (tertiary/aromatic N) is 3. The number of aromatic amines is 1. The molecule has 110 valence electrons. The van der Waals surface area contributed by atoms with Crippen LogP contribution >= 0.6 is 0 Å². The molecular weight excluding hydrogens is 282 g/mol. The standard InChI is InChI=1S/C11H17N5O3S/c1-4-8-9(5-16(3)14-8)15-20(18,19)11-7(2)12-13-10(11)6-17/h5,15,17H,4,6H2,1-3H3,(H,12,13). The molecule has 0 radical (unpaired) electrons. The van der Waals surface area contributed by atoms with E-state index in [0.717, 1.165) is 0 Å². The van der Waals surface area contributed by atoms with E-state index in [-0.39, 0.29) is 10.6 Å². The molecule has 0 aromatic carbocycles. The second-order valence-corrected chi connectivity index (χ2v) is 6.02. The Hall–Kier alpha value is -1.87. The molecule has 0 amide bonds. The number of nitrogens with one attached hydrogen (secondary N) is 2. The lowest BCUT2D eigenvalue weighted by Gasteiger charge is -2.07. The third kappa shape index (κ3) is 2.54. The zero-order valence-electron chi connectivity index (χ0n) is 11.5. The molecule has 8 nitrogen and oxygen atoms in total. The highest BCUT2D eigenvalue weighted by atomic mass is 32.2. The molecule has 0 unspecified atom stereocenters. The number of aromatic nitrogens is 4. The molecule has 0 aliphatic rings. The molecule has 0 spiro atoms. The van der Waals surface area contributed by atoms with Gasteiger partial charge >= 0.3 is 0 Å². The van der Waals surface area contributed by atoms with E-state index in [2.05, 4.69) is 20.0 Å². The molecule has 9 heteroatoms. The lowest BCUT2D eigenvalue weighted by atomic mass is 10.3. The van der Waals surface area contributed by atoms with E-state index in [1.807, 2.05) is 6.92 Å². The van der Waals surface area contributed by atoms with Gasteiger partial charge in [0, 0.05) is 13.2 Å². The van der Waals surface area contributed by atoms with E-state index >= 15 is 0 Å². The molecule has 0 aliphatic heterocycles. The molecule has 0 bridgehead atoms. The maximum Gasteiger partial charge on any atom is 0.265 e. The average Bonchev–Trinajstić information content (AvgIpc) is 2.91. The molecule has 0 fully saturated rings. The van der Waals surface area contributed by atoms with Crippen LogP contribution in [0.3, 0.4) is 0 Å². The minimum absolute atomic E-state index is 0.0223. The summed E-state index contributed by atoms with van der Waals surface area (Å²) in [5.74, 6) is 0. The number of anilines is 1. The number of rotatable bonds is 5. The van der Waals surface area contributed by atoms with Gasteiger partial charge < -0.3 is 5.11 Å². The largest absolute Gasteiger partial charge is 0.390 e. The minimum atomic E-state index is -3.82. The van der Waals surface area contributed by atoms with E-state index in [0.29, 0.717) is 23.5 Å². The molecular formula is C11H17N5O3S. The van der Waals surface area contributed by atoms with E-state index in [9.17, 15) is 13.5 Å². The fourth-order valence-corrected chi connectivity index (χ4v) is 3.44. The minimum Gasteiger partial charge on any atom is -0.390 e. The SMILES string of the molecule is CCc1nn(C)cc1NS(=O)(=O)c1c(CO)n[nH]c1C. The van der Waals surface area contributed by atoms with Crippen molar-refractivity contribution in [1.29, 1.82) is 0 Å². The lowest BCUT2D eigenvalue weighted by Crippen LogP contribution is -2.16. The number of aryl methyl sites for hydroxylation is 3. The van der Waals surface area contributed by atoms with Crippen LogP contribution in [0.25, 0.3) is 0 Å². The summed E-state index contributed by atoms with van der Waals surface area (Å²) in [6.07, 6.45) is 2.21. The van der Waals surface area contributed by atoms with Crippen LogP contribution in [0.4, 0.5) is 5.69 Å². The number of aliphatic hydroxyl groups excluding tert-OH is 1. The van der Waals surface area contributed by atoms with Crippen LogP contribution in [-0.2, 0) is 30.1 Å².